The Bertz CT molecular complexity index is 978. The second-order valence-corrected chi connectivity index (χ2v) is 8.93. The van der Waals surface area contributed by atoms with Crippen molar-refractivity contribution < 1.29 is 22.7 Å². The van der Waals surface area contributed by atoms with Gasteiger partial charge in [0.05, 0.1) is 21.2 Å². The fraction of sp³-hybridized carbons (Fsp3) is 0.263. The highest BCUT2D eigenvalue weighted by molar-refractivity contribution is 7.89. The molecule has 1 N–H and O–H groups in total. The van der Waals surface area contributed by atoms with E-state index in [1.165, 1.54) is 38.4 Å². The first-order chi connectivity index (χ1) is 13.0. The summed E-state index contributed by atoms with van der Waals surface area (Å²) in [4.78, 5) is 24.2. The van der Waals surface area contributed by atoms with E-state index >= 15 is 0 Å². The Morgan fingerprint density at radius 1 is 1.11 bits per heavy atom. The Kier molecular flexibility index (Phi) is 6.82. The normalized spacial score (nSPS) is 11.4. The summed E-state index contributed by atoms with van der Waals surface area (Å²) in [6.07, 6.45) is 0. The average Bonchev–Trinajstić information content (AvgIpc) is 2.62. The lowest BCUT2D eigenvalue weighted by Crippen LogP contribution is -2.23. The lowest BCUT2D eigenvalue weighted by atomic mass is 10.1. The standard InChI is InChI=1S/C19H21ClN2O5S/c1-12-9-13(2)18(16(20)10-12)21-17(23)11-27-19(24)14-5-7-15(8-6-14)28(25,26)22(3)4/h5-10H,11H2,1-4H3,(H,21,23). The molecule has 0 radical (unpaired) electrons. The molecule has 9 heteroatoms. The monoisotopic (exact) mass is 424 g/mol. The summed E-state index contributed by atoms with van der Waals surface area (Å²) in [5.74, 6) is -1.27. The van der Waals surface area contributed by atoms with Crippen LogP contribution in [-0.2, 0) is 19.6 Å². The van der Waals surface area contributed by atoms with Gasteiger partial charge < -0.3 is 10.1 Å². The lowest BCUT2D eigenvalue weighted by Gasteiger charge is -2.12. The number of sulfonamides is 1. The molecule has 0 saturated carbocycles. The van der Waals surface area contributed by atoms with Gasteiger partial charge in [-0.15, -0.1) is 0 Å². The number of nitrogens with one attached hydrogen (secondary N) is 1. The van der Waals surface area contributed by atoms with Gasteiger partial charge in [-0.2, -0.15) is 0 Å². The largest absolute Gasteiger partial charge is 0.452 e. The summed E-state index contributed by atoms with van der Waals surface area (Å²) >= 11 is 6.14. The molecule has 7 nitrogen and oxygen atoms in total. The predicted molar refractivity (Wildman–Crippen MR) is 107 cm³/mol. The topological polar surface area (TPSA) is 92.8 Å². The molecule has 0 aromatic heterocycles. The summed E-state index contributed by atoms with van der Waals surface area (Å²) in [6, 6.07) is 8.87. The molecule has 0 heterocycles. The fourth-order valence-electron chi connectivity index (χ4n) is 2.44. The molecule has 0 bridgehead atoms. The highest BCUT2D eigenvalue weighted by Gasteiger charge is 2.18. The van der Waals surface area contributed by atoms with E-state index in [4.69, 9.17) is 16.3 Å². The van der Waals surface area contributed by atoms with Crippen molar-refractivity contribution >= 4 is 39.2 Å². The first-order valence-electron chi connectivity index (χ1n) is 8.28. The SMILES string of the molecule is Cc1cc(C)c(NC(=O)COC(=O)c2ccc(S(=O)(=O)N(C)C)cc2)c(Cl)c1. The lowest BCUT2D eigenvalue weighted by molar-refractivity contribution is -0.119. The van der Waals surface area contributed by atoms with Crippen molar-refractivity contribution in [2.45, 2.75) is 18.7 Å². The zero-order valence-corrected chi connectivity index (χ0v) is 17.5. The smallest absolute Gasteiger partial charge is 0.338 e. The Morgan fingerprint density at radius 2 is 1.71 bits per heavy atom. The number of hydrogen-bond acceptors (Lipinski definition) is 5. The summed E-state index contributed by atoms with van der Waals surface area (Å²) in [5.41, 5.74) is 2.36. The van der Waals surface area contributed by atoms with Crippen molar-refractivity contribution in [1.29, 1.82) is 0 Å². The number of ether oxygens (including phenoxy) is 1. The van der Waals surface area contributed by atoms with E-state index in [2.05, 4.69) is 5.32 Å². The number of esters is 1. The first kappa shape index (κ1) is 21.9. The molecule has 2 aromatic rings. The van der Waals surface area contributed by atoms with Gasteiger partial charge in [-0.05, 0) is 55.3 Å². The maximum Gasteiger partial charge on any atom is 0.338 e. The van der Waals surface area contributed by atoms with Crippen molar-refractivity contribution in [3.05, 3.63) is 58.1 Å². The quantitative estimate of drug-likeness (QED) is 0.719. The molecule has 0 fully saturated rings. The van der Waals surface area contributed by atoms with Crippen molar-refractivity contribution in [3.8, 4) is 0 Å². The third-order valence-electron chi connectivity index (χ3n) is 3.90. The molecule has 150 valence electrons. The molecule has 0 unspecified atom stereocenters. The van der Waals surface area contributed by atoms with Crippen molar-refractivity contribution in [2.75, 3.05) is 26.0 Å². The van der Waals surface area contributed by atoms with E-state index in [1.807, 2.05) is 19.9 Å². The number of anilines is 1. The summed E-state index contributed by atoms with van der Waals surface area (Å²) in [5, 5.41) is 3.02. The average molecular weight is 425 g/mol. The molecule has 0 spiro atoms. The van der Waals surface area contributed by atoms with Crippen molar-refractivity contribution in [2.24, 2.45) is 0 Å². The molecule has 2 aromatic carbocycles. The van der Waals surface area contributed by atoms with E-state index in [1.54, 1.807) is 6.07 Å². The molecule has 1 amide bonds. The third kappa shape index (κ3) is 5.09. The van der Waals surface area contributed by atoms with Crippen LogP contribution in [0.4, 0.5) is 5.69 Å². The summed E-state index contributed by atoms with van der Waals surface area (Å²) in [6.45, 7) is 3.20. The number of aryl methyl sites for hydroxylation is 2. The molecule has 0 aliphatic rings. The van der Waals surface area contributed by atoms with Crippen LogP contribution in [0.1, 0.15) is 21.5 Å². The molecule has 0 aliphatic heterocycles. The number of rotatable bonds is 6. The highest BCUT2D eigenvalue weighted by Crippen LogP contribution is 2.27. The number of carbonyl (C=O) groups is 2. The number of carbonyl (C=O) groups excluding carboxylic acids is 2. The Morgan fingerprint density at radius 3 is 2.25 bits per heavy atom. The van der Waals surface area contributed by atoms with Crippen LogP contribution in [0.5, 0.6) is 0 Å². The predicted octanol–water partition coefficient (Wildman–Crippen LogP) is 3.00. The summed E-state index contributed by atoms with van der Waals surface area (Å²) < 4.78 is 30.1. The number of benzene rings is 2. The minimum atomic E-state index is -3.59. The molecule has 28 heavy (non-hydrogen) atoms. The Labute approximate surface area is 169 Å². The van der Waals surface area contributed by atoms with Gasteiger partial charge >= 0.3 is 5.97 Å². The minimum absolute atomic E-state index is 0.0521. The molecule has 0 atom stereocenters. The van der Waals surface area contributed by atoms with Crippen LogP contribution in [0.25, 0.3) is 0 Å². The molecule has 0 aliphatic carbocycles. The maximum atomic E-state index is 12.1. The van der Waals surface area contributed by atoms with Crippen LogP contribution in [0.2, 0.25) is 5.02 Å². The van der Waals surface area contributed by atoms with Crippen molar-refractivity contribution in [1.82, 2.24) is 4.31 Å². The maximum absolute atomic E-state index is 12.1. The molecule has 2 rings (SSSR count). The highest BCUT2D eigenvalue weighted by atomic mass is 35.5. The van der Waals surface area contributed by atoms with Gasteiger partial charge in [-0.1, -0.05) is 17.7 Å². The Balaban J connectivity index is 2.00. The molecular weight excluding hydrogens is 404 g/mol. The van der Waals surface area contributed by atoms with Gasteiger partial charge in [-0.3, -0.25) is 4.79 Å². The van der Waals surface area contributed by atoms with Crippen LogP contribution in [0.3, 0.4) is 0 Å². The van der Waals surface area contributed by atoms with Gasteiger partial charge in [0.1, 0.15) is 0 Å². The van der Waals surface area contributed by atoms with Gasteiger partial charge in [0.15, 0.2) is 6.61 Å². The van der Waals surface area contributed by atoms with Gasteiger partial charge in [0.25, 0.3) is 5.91 Å². The first-order valence-corrected chi connectivity index (χ1v) is 10.1. The number of nitrogens with zero attached hydrogens (tertiary/aromatic N) is 1. The van der Waals surface area contributed by atoms with E-state index in [-0.39, 0.29) is 10.5 Å². The zero-order chi connectivity index (χ0) is 21.1. The van der Waals surface area contributed by atoms with E-state index in [0.29, 0.717) is 10.7 Å². The second kappa shape index (κ2) is 8.72. The van der Waals surface area contributed by atoms with E-state index in [0.717, 1.165) is 15.4 Å². The van der Waals surface area contributed by atoms with Gasteiger partial charge in [0.2, 0.25) is 10.0 Å². The third-order valence-corrected chi connectivity index (χ3v) is 6.03. The summed E-state index contributed by atoms with van der Waals surface area (Å²) in [7, 11) is -0.757. The molecular formula is C19H21ClN2O5S. The van der Waals surface area contributed by atoms with Crippen LogP contribution in [-0.4, -0.2) is 45.3 Å². The number of halogens is 1. The van der Waals surface area contributed by atoms with Crippen LogP contribution in [0, 0.1) is 13.8 Å². The molecule has 0 saturated heterocycles. The number of hydrogen-bond donors (Lipinski definition) is 1. The second-order valence-electron chi connectivity index (χ2n) is 6.37. The van der Waals surface area contributed by atoms with Crippen LogP contribution < -0.4 is 5.32 Å². The van der Waals surface area contributed by atoms with Crippen LogP contribution >= 0.6 is 11.6 Å². The fourth-order valence-corrected chi connectivity index (χ4v) is 3.71. The minimum Gasteiger partial charge on any atom is -0.452 e. The van der Waals surface area contributed by atoms with E-state index in [9.17, 15) is 18.0 Å². The zero-order valence-electron chi connectivity index (χ0n) is 15.9. The van der Waals surface area contributed by atoms with Crippen molar-refractivity contribution in [3.63, 3.8) is 0 Å². The van der Waals surface area contributed by atoms with Gasteiger partial charge in [0, 0.05) is 14.1 Å². The number of amides is 1. The Hall–Kier alpha value is -2.42. The van der Waals surface area contributed by atoms with Crippen LogP contribution in [0.15, 0.2) is 41.3 Å². The van der Waals surface area contributed by atoms with E-state index < -0.39 is 28.5 Å². The van der Waals surface area contributed by atoms with Gasteiger partial charge in [-0.25, -0.2) is 17.5 Å².